The second-order valence-electron chi connectivity index (χ2n) is 5.41. The lowest BCUT2D eigenvalue weighted by molar-refractivity contribution is 0.500. The summed E-state index contributed by atoms with van der Waals surface area (Å²) in [5, 5.41) is 11.8. The fourth-order valence-corrected chi connectivity index (χ4v) is 1.41. The van der Waals surface area contributed by atoms with Crippen LogP contribution in [0.4, 0.5) is 0 Å². The molecular formula is C11H21IN4. The lowest BCUT2D eigenvalue weighted by atomic mass is 10.0. The average Bonchev–Trinajstić information content (AvgIpc) is 2.80. The second kappa shape index (κ2) is 5.71. The number of nitrogens with zero attached hydrogens (tertiary/aromatic N) is 2. The van der Waals surface area contributed by atoms with E-state index in [1.165, 1.54) is 0 Å². The van der Waals surface area contributed by atoms with E-state index in [1.54, 1.807) is 0 Å². The van der Waals surface area contributed by atoms with Crippen LogP contribution in [0.2, 0.25) is 0 Å². The van der Waals surface area contributed by atoms with Gasteiger partial charge in [0.05, 0.1) is 6.07 Å². The van der Waals surface area contributed by atoms with Gasteiger partial charge in [-0.3, -0.25) is 4.99 Å². The summed E-state index contributed by atoms with van der Waals surface area (Å²) in [6.45, 7) is 6.79. The van der Waals surface area contributed by atoms with Crippen molar-refractivity contribution < 1.29 is 0 Å². The summed E-state index contributed by atoms with van der Waals surface area (Å²) < 4.78 is 0. The van der Waals surface area contributed by atoms with Crippen LogP contribution >= 0.6 is 24.0 Å². The number of rotatable bonds is 3. The molecule has 1 saturated carbocycles. The van der Waals surface area contributed by atoms with E-state index in [0.29, 0.717) is 18.9 Å². The average molecular weight is 336 g/mol. The molecule has 1 fully saturated rings. The maximum Gasteiger partial charge on any atom is 0.189 e. The van der Waals surface area contributed by atoms with Gasteiger partial charge in [-0.2, -0.15) is 5.26 Å². The molecule has 0 saturated heterocycles. The van der Waals surface area contributed by atoms with E-state index in [9.17, 15) is 0 Å². The van der Waals surface area contributed by atoms with Crippen LogP contribution in [0.25, 0.3) is 0 Å². The summed E-state index contributed by atoms with van der Waals surface area (Å²) in [6, 6.07) is 2.21. The van der Waals surface area contributed by atoms with Crippen molar-refractivity contribution in [1.29, 1.82) is 5.26 Å². The smallest absolute Gasteiger partial charge is 0.189 e. The SMILES string of the molecule is CC(C)(C)NC(N)=NCC1(CC#N)CC1.I. The molecule has 0 aliphatic heterocycles. The summed E-state index contributed by atoms with van der Waals surface area (Å²) in [7, 11) is 0. The molecule has 4 nitrogen and oxygen atoms in total. The van der Waals surface area contributed by atoms with Gasteiger partial charge in [0, 0.05) is 23.9 Å². The van der Waals surface area contributed by atoms with Gasteiger partial charge in [0.15, 0.2) is 5.96 Å². The summed E-state index contributed by atoms with van der Waals surface area (Å²) >= 11 is 0. The Morgan fingerprint density at radius 1 is 1.50 bits per heavy atom. The maximum absolute atomic E-state index is 8.65. The first-order valence-electron chi connectivity index (χ1n) is 5.32. The molecule has 92 valence electrons. The van der Waals surface area contributed by atoms with Crippen molar-refractivity contribution in [3.63, 3.8) is 0 Å². The third kappa shape index (κ3) is 5.54. The summed E-state index contributed by atoms with van der Waals surface area (Å²) in [6.07, 6.45) is 2.80. The van der Waals surface area contributed by atoms with E-state index in [2.05, 4.69) is 16.4 Å². The maximum atomic E-state index is 8.65. The number of hydrogen-bond donors (Lipinski definition) is 2. The molecule has 1 rings (SSSR count). The molecule has 0 unspecified atom stereocenters. The fourth-order valence-electron chi connectivity index (χ4n) is 1.41. The zero-order valence-corrected chi connectivity index (χ0v) is 12.5. The van der Waals surface area contributed by atoms with Crippen LogP contribution in [0.5, 0.6) is 0 Å². The molecule has 3 N–H and O–H groups in total. The molecule has 0 aromatic heterocycles. The zero-order chi connectivity index (χ0) is 11.5. The zero-order valence-electron chi connectivity index (χ0n) is 10.2. The predicted molar refractivity (Wildman–Crippen MR) is 76.7 cm³/mol. The largest absolute Gasteiger partial charge is 0.370 e. The number of guanidine groups is 1. The van der Waals surface area contributed by atoms with Crippen LogP contribution < -0.4 is 11.1 Å². The molecule has 0 bridgehead atoms. The minimum Gasteiger partial charge on any atom is -0.370 e. The third-order valence-corrected chi connectivity index (χ3v) is 2.50. The highest BCUT2D eigenvalue weighted by molar-refractivity contribution is 14.0. The molecule has 0 spiro atoms. The van der Waals surface area contributed by atoms with E-state index in [0.717, 1.165) is 12.8 Å². The molecular weight excluding hydrogens is 315 g/mol. The van der Waals surface area contributed by atoms with E-state index in [4.69, 9.17) is 11.0 Å². The van der Waals surface area contributed by atoms with E-state index in [-0.39, 0.29) is 34.9 Å². The van der Waals surface area contributed by atoms with Crippen LogP contribution in [-0.2, 0) is 0 Å². The summed E-state index contributed by atoms with van der Waals surface area (Å²) in [5.74, 6) is 0.478. The molecule has 0 amide bonds. The Labute approximate surface area is 115 Å². The van der Waals surface area contributed by atoms with Crippen molar-refractivity contribution >= 4 is 29.9 Å². The number of hydrogen-bond acceptors (Lipinski definition) is 2. The van der Waals surface area contributed by atoms with E-state index < -0.39 is 0 Å². The van der Waals surface area contributed by atoms with Crippen LogP contribution in [0.15, 0.2) is 4.99 Å². The molecule has 5 heteroatoms. The molecule has 1 aliphatic carbocycles. The number of nitrogens with two attached hydrogens (primary N) is 1. The first kappa shape index (κ1) is 15.5. The molecule has 1 aliphatic rings. The Balaban J connectivity index is 0.00000225. The summed E-state index contributed by atoms with van der Waals surface area (Å²) in [4.78, 5) is 4.29. The minimum atomic E-state index is -0.0560. The quantitative estimate of drug-likeness (QED) is 0.470. The Kier molecular flexibility index (Phi) is 5.53. The molecule has 16 heavy (non-hydrogen) atoms. The van der Waals surface area contributed by atoms with Gasteiger partial charge in [-0.05, 0) is 33.6 Å². The lowest BCUT2D eigenvalue weighted by Crippen LogP contribution is -2.45. The van der Waals surface area contributed by atoms with Crippen LogP contribution in [0, 0.1) is 16.7 Å². The van der Waals surface area contributed by atoms with Gasteiger partial charge in [0.2, 0.25) is 0 Å². The molecule has 0 aromatic carbocycles. The second-order valence-corrected chi connectivity index (χ2v) is 5.41. The van der Waals surface area contributed by atoms with Crippen molar-refractivity contribution in [3.8, 4) is 6.07 Å². The van der Waals surface area contributed by atoms with Crippen molar-refractivity contribution in [2.45, 2.75) is 45.6 Å². The Morgan fingerprint density at radius 2 is 2.06 bits per heavy atom. The van der Waals surface area contributed by atoms with E-state index >= 15 is 0 Å². The standard InChI is InChI=1S/C11H20N4.HI/c1-10(2,3)15-9(13)14-8-11(4-5-11)6-7-12;/h4-6,8H2,1-3H3,(H3,13,14,15);1H. The number of nitrogens with one attached hydrogen (secondary N) is 1. The number of halogens is 1. The highest BCUT2D eigenvalue weighted by atomic mass is 127. The molecule has 0 heterocycles. The van der Waals surface area contributed by atoms with Crippen LogP contribution in [0.3, 0.4) is 0 Å². The van der Waals surface area contributed by atoms with Crippen molar-refractivity contribution in [2.24, 2.45) is 16.1 Å². The normalized spacial score (nSPS) is 18.2. The van der Waals surface area contributed by atoms with Gasteiger partial charge >= 0.3 is 0 Å². The van der Waals surface area contributed by atoms with Crippen molar-refractivity contribution in [2.75, 3.05) is 6.54 Å². The van der Waals surface area contributed by atoms with Crippen LogP contribution in [0.1, 0.15) is 40.0 Å². The lowest BCUT2D eigenvalue weighted by Gasteiger charge is -2.21. The monoisotopic (exact) mass is 336 g/mol. The number of nitriles is 1. The van der Waals surface area contributed by atoms with Crippen LogP contribution in [-0.4, -0.2) is 18.0 Å². The van der Waals surface area contributed by atoms with E-state index in [1.807, 2.05) is 20.8 Å². The predicted octanol–water partition coefficient (Wildman–Crippen LogP) is 2.00. The number of aliphatic imine (C=N–C) groups is 1. The van der Waals surface area contributed by atoms with Gasteiger partial charge < -0.3 is 11.1 Å². The molecule has 0 radical (unpaired) electrons. The van der Waals surface area contributed by atoms with Crippen molar-refractivity contribution in [1.82, 2.24) is 5.32 Å². The topological polar surface area (TPSA) is 74.2 Å². The van der Waals surface area contributed by atoms with Gasteiger partial charge in [0.25, 0.3) is 0 Å². The van der Waals surface area contributed by atoms with Gasteiger partial charge in [-0.15, -0.1) is 24.0 Å². The van der Waals surface area contributed by atoms with Gasteiger partial charge in [-0.1, -0.05) is 0 Å². The highest BCUT2D eigenvalue weighted by Gasteiger charge is 2.42. The van der Waals surface area contributed by atoms with Gasteiger partial charge in [-0.25, -0.2) is 0 Å². The fraction of sp³-hybridized carbons (Fsp3) is 0.818. The highest BCUT2D eigenvalue weighted by Crippen LogP contribution is 2.48. The Hall–Kier alpha value is -0.510. The summed E-state index contributed by atoms with van der Waals surface area (Å²) in [5.41, 5.74) is 5.83. The Bertz CT molecular complexity index is 294. The Morgan fingerprint density at radius 3 is 2.44 bits per heavy atom. The van der Waals surface area contributed by atoms with Crippen molar-refractivity contribution in [3.05, 3.63) is 0 Å². The third-order valence-electron chi connectivity index (χ3n) is 2.50. The van der Waals surface area contributed by atoms with Gasteiger partial charge in [0.1, 0.15) is 0 Å². The minimum absolute atomic E-state index is 0. The first-order valence-corrected chi connectivity index (χ1v) is 5.32. The molecule has 0 atom stereocenters. The first-order chi connectivity index (χ1) is 6.87. The molecule has 0 aromatic rings.